The second-order valence-electron chi connectivity index (χ2n) is 10.9. The standard InChI is InChI=1S/C26H30BCl2NO6/c1-24(2)13-15-14(10-11-16(21(15)34-24)27-35-25(3,4)26(5,6)36-27)12-19(23(32)33)30-22(31)20-17(28)8-7-9-18(20)29/h7-11,19H,12-13H2,1-6H3,(H,30,31)(H,32,33)/t19-/m0/s1. The molecule has 2 aliphatic heterocycles. The van der Waals surface area contributed by atoms with E-state index in [4.69, 9.17) is 37.2 Å². The smallest absolute Gasteiger partial charge is 0.488 e. The van der Waals surface area contributed by atoms with Crippen LogP contribution in [-0.4, -0.2) is 46.9 Å². The Kier molecular flexibility index (Phi) is 6.88. The van der Waals surface area contributed by atoms with E-state index in [0.717, 1.165) is 16.6 Å². The minimum Gasteiger partial charge on any atom is -0.488 e. The molecule has 7 nitrogen and oxygen atoms in total. The first-order valence-corrected chi connectivity index (χ1v) is 12.5. The number of hydrogen-bond donors (Lipinski definition) is 2. The van der Waals surface area contributed by atoms with Crippen LogP contribution in [-0.2, 0) is 26.9 Å². The molecule has 1 atom stereocenters. The number of halogens is 2. The fourth-order valence-corrected chi connectivity index (χ4v) is 5.02. The lowest BCUT2D eigenvalue weighted by atomic mass is 9.76. The van der Waals surface area contributed by atoms with Gasteiger partial charge < -0.3 is 24.5 Å². The summed E-state index contributed by atoms with van der Waals surface area (Å²) in [5.74, 6) is -1.19. The molecule has 4 rings (SSSR count). The Hall–Kier alpha value is -2.26. The molecule has 2 N–H and O–H groups in total. The molecule has 10 heteroatoms. The van der Waals surface area contributed by atoms with Crippen LogP contribution < -0.4 is 15.5 Å². The molecule has 0 radical (unpaired) electrons. The van der Waals surface area contributed by atoms with Gasteiger partial charge in [0.15, 0.2) is 0 Å². The number of nitrogens with one attached hydrogen (secondary N) is 1. The van der Waals surface area contributed by atoms with E-state index in [9.17, 15) is 14.7 Å². The van der Waals surface area contributed by atoms with Gasteiger partial charge in [0.05, 0.1) is 26.8 Å². The number of rotatable bonds is 6. The number of carbonyl (C=O) groups excluding carboxylic acids is 1. The maximum Gasteiger partial charge on any atom is 0.498 e. The summed E-state index contributed by atoms with van der Waals surface area (Å²) in [6.07, 6.45) is 0.621. The molecule has 1 saturated heterocycles. The van der Waals surface area contributed by atoms with E-state index in [0.29, 0.717) is 12.2 Å². The number of amides is 1. The van der Waals surface area contributed by atoms with Crippen molar-refractivity contribution in [2.45, 2.75) is 77.2 Å². The van der Waals surface area contributed by atoms with Gasteiger partial charge >= 0.3 is 13.1 Å². The number of benzene rings is 2. The molecular weight excluding hydrogens is 504 g/mol. The van der Waals surface area contributed by atoms with Crippen molar-refractivity contribution in [3.05, 3.63) is 57.1 Å². The van der Waals surface area contributed by atoms with E-state index in [1.807, 2.05) is 53.7 Å². The number of carboxylic acid groups (broad SMARTS) is 1. The second kappa shape index (κ2) is 9.24. The van der Waals surface area contributed by atoms with Gasteiger partial charge in [-0.25, -0.2) is 4.79 Å². The highest BCUT2D eigenvalue weighted by atomic mass is 35.5. The maximum absolute atomic E-state index is 12.9. The summed E-state index contributed by atoms with van der Waals surface area (Å²) in [5.41, 5.74) is 0.905. The number of carboxylic acids is 1. The van der Waals surface area contributed by atoms with Gasteiger partial charge in [-0.15, -0.1) is 0 Å². The quantitative estimate of drug-likeness (QED) is 0.533. The van der Waals surface area contributed by atoms with Crippen LogP contribution in [0.4, 0.5) is 0 Å². The van der Waals surface area contributed by atoms with E-state index in [-0.39, 0.29) is 22.0 Å². The van der Waals surface area contributed by atoms with Crippen molar-refractivity contribution < 1.29 is 28.7 Å². The fourth-order valence-electron chi connectivity index (χ4n) is 4.45. The molecule has 1 amide bonds. The minimum atomic E-state index is -1.21. The van der Waals surface area contributed by atoms with Gasteiger partial charge in [0.25, 0.3) is 5.91 Å². The third-order valence-corrected chi connectivity index (χ3v) is 7.72. The molecule has 0 saturated carbocycles. The number of carbonyl (C=O) groups is 2. The van der Waals surface area contributed by atoms with Crippen LogP contribution in [0.5, 0.6) is 5.75 Å². The molecule has 1 fully saturated rings. The van der Waals surface area contributed by atoms with Crippen LogP contribution in [0.25, 0.3) is 0 Å². The maximum atomic E-state index is 12.9. The van der Waals surface area contributed by atoms with Crippen molar-refractivity contribution in [1.82, 2.24) is 5.32 Å². The highest BCUT2D eigenvalue weighted by molar-refractivity contribution is 6.63. The van der Waals surface area contributed by atoms with Gasteiger partial charge in [0, 0.05) is 23.9 Å². The molecule has 36 heavy (non-hydrogen) atoms. The SMILES string of the molecule is CC1(C)Cc2c(C[C@H](NC(=O)c3c(Cl)cccc3Cl)C(=O)O)ccc(B3OC(C)(C)C(C)(C)O3)c2O1. The Bertz CT molecular complexity index is 1190. The lowest BCUT2D eigenvalue weighted by Crippen LogP contribution is -2.43. The summed E-state index contributed by atoms with van der Waals surface area (Å²) < 4.78 is 18.8. The van der Waals surface area contributed by atoms with Crippen molar-refractivity contribution >= 4 is 47.7 Å². The van der Waals surface area contributed by atoms with Crippen molar-refractivity contribution in [1.29, 1.82) is 0 Å². The second-order valence-corrected chi connectivity index (χ2v) is 11.7. The molecule has 2 aliphatic rings. The van der Waals surface area contributed by atoms with Crippen molar-refractivity contribution in [2.24, 2.45) is 0 Å². The summed E-state index contributed by atoms with van der Waals surface area (Å²) in [6.45, 7) is 11.9. The Morgan fingerprint density at radius 1 is 1.03 bits per heavy atom. The molecule has 0 unspecified atom stereocenters. The van der Waals surface area contributed by atoms with Crippen molar-refractivity contribution in [2.75, 3.05) is 0 Å². The lowest BCUT2D eigenvalue weighted by molar-refractivity contribution is -0.139. The molecule has 0 bridgehead atoms. The van der Waals surface area contributed by atoms with E-state index < -0.39 is 41.8 Å². The Morgan fingerprint density at radius 3 is 2.17 bits per heavy atom. The lowest BCUT2D eigenvalue weighted by Gasteiger charge is -2.32. The number of fused-ring (bicyclic) bond motifs is 1. The molecule has 0 spiro atoms. The summed E-state index contributed by atoms with van der Waals surface area (Å²) in [4.78, 5) is 25.0. The first kappa shape index (κ1) is 26.8. The highest BCUT2D eigenvalue weighted by Gasteiger charge is 2.53. The van der Waals surface area contributed by atoms with Crippen LogP contribution >= 0.6 is 23.2 Å². The average Bonchev–Trinajstić information content (AvgIpc) is 3.18. The third-order valence-electron chi connectivity index (χ3n) is 7.09. The average molecular weight is 534 g/mol. The molecule has 2 heterocycles. The molecule has 2 aromatic rings. The Balaban J connectivity index is 1.65. The predicted molar refractivity (Wildman–Crippen MR) is 140 cm³/mol. The highest BCUT2D eigenvalue weighted by Crippen LogP contribution is 2.41. The first-order valence-electron chi connectivity index (χ1n) is 11.8. The van der Waals surface area contributed by atoms with Crippen molar-refractivity contribution in [3.63, 3.8) is 0 Å². The van der Waals surface area contributed by atoms with Gasteiger partial charge in [-0.05, 0) is 59.2 Å². The number of ether oxygens (including phenoxy) is 1. The van der Waals surface area contributed by atoms with E-state index in [1.165, 1.54) is 12.1 Å². The molecule has 192 valence electrons. The summed E-state index contributed by atoms with van der Waals surface area (Å²) >= 11 is 12.3. The first-order chi connectivity index (χ1) is 16.6. The van der Waals surface area contributed by atoms with Crippen LogP contribution in [0.1, 0.15) is 63.0 Å². The van der Waals surface area contributed by atoms with E-state index in [2.05, 4.69) is 5.32 Å². The topological polar surface area (TPSA) is 94.1 Å². The van der Waals surface area contributed by atoms with Gasteiger partial charge in [-0.1, -0.05) is 41.4 Å². The fraction of sp³-hybridized carbons (Fsp3) is 0.462. The third kappa shape index (κ3) is 4.96. The number of hydrogen-bond acceptors (Lipinski definition) is 5. The molecule has 0 aromatic heterocycles. The predicted octanol–water partition coefficient (Wildman–Crippen LogP) is 4.43. The van der Waals surface area contributed by atoms with Gasteiger partial charge in [-0.3, -0.25) is 4.79 Å². The van der Waals surface area contributed by atoms with Crippen LogP contribution in [0, 0.1) is 0 Å². The zero-order valence-corrected chi connectivity index (χ0v) is 22.7. The summed E-state index contributed by atoms with van der Waals surface area (Å²) in [6, 6.07) is 7.17. The van der Waals surface area contributed by atoms with Gasteiger partial charge in [-0.2, -0.15) is 0 Å². The van der Waals surface area contributed by atoms with E-state index >= 15 is 0 Å². The van der Waals surface area contributed by atoms with Crippen molar-refractivity contribution in [3.8, 4) is 5.75 Å². The molecular formula is C26H30BCl2NO6. The molecule has 0 aliphatic carbocycles. The van der Waals surface area contributed by atoms with Crippen LogP contribution in [0.15, 0.2) is 30.3 Å². The monoisotopic (exact) mass is 533 g/mol. The molecule has 2 aromatic carbocycles. The summed E-state index contributed by atoms with van der Waals surface area (Å²) in [7, 11) is -0.621. The normalized spacial score (nSPS) is 19.9. The minimum absolute atomic E-state index is 0.0397. The summed E-state index contributed by atoms with van der Waals surface area (Å²) in [5, 5.41) is 12.8. The van der Waals surface area contributed by atoms with Crippen LogP contribution in [0.2, 0.25) is 10.0 Å². The zero-order chi connectivity index (χ0) is 26.6. The van der Waals surface area contributed by atoms with E-state index in [1.54, 1.807) is 6.07 Å². The zero-order valence-electron chi connectivity index (χ0n) is 21.2. The van der Waals surface area contributed by atoms with Gasteiger partial charge in [0.1, 0.15) is 17.4 Å². The Labute approximate surface area is 221 Å². The Morgan fingerprint density at radius 2 is 1.61 bits per heavy atom. The van der Waals surface area contributed by atoms with Gasteiger partial charge in [0.2, 0.25) is 0 Å². The van der Waals surface area contributed by atoms with Crippen LogP contribution in [0.3, 0.4) is 0 Å². The number of aliphatic carboxylic acids is 1. The largest absolute Gasteiger partial charge is 0.498 e.